The van der Waals surface area contributed by atoms with E-state index in [1.807, 2.05) is 18.2 Å². The Morgan fingerprint density at radius 2 is 1.62 bits per heavy atom. The molecule has 0 amide bonds. The minimum atomic E-state index is -3.19. The number of piperazine rings is 1. The van der Waals surface area contributed by atoms with Gasteiger partial charge in [0.05, 0.1) is 10.7 Å². The third-order valence-corrected chi connectivity index (χ3v) is 10.6. The Balaban J connectivity index is 1.33. The smallest absolute Gasteiger partial charge is 0.217 e. The van der Waals surface area contributed by atoms with Gasteiger partial charge in [0.25, 0.3) is 0 Å². The van der Waals surface area contributed by atoms with Crippen LogP contribution >= 0.6 is 11.5 Å². The quantitative estimate of drug-likeness (QED) is 0.661. The van der Waals surface area contributed by atoms with Crippen LogP contribution in [-0.2, 0) is 20.2 Å². The molecule has 1 aliphatic heterocycles. The first-order valence-corrected chi connectivity index (χ1v) is 13.9. The highest BCUT2D eigenvalue weighted by molar-refractivity contribution is 7.89. The summed E-state index contributed by atoms with van der Waals surface area (Å²) in [5.41, 5.74) is 0.849. The largest absolute Gasteiger partial charge is 0.344 e. The molecule has 0 atom stereocenters. The molecule has 32 heavy (non-hydrogen) atoms. The van der Waals surface area contributed by atoms with Gasteiger partial charge in [-0.15, -0.1) is 0 Å². The molecule has 0 radical (unpaired) electrons. The minimum Gasteiger partial charge on any atom is -0.344 e. The molecule has 1 saturated heterocycles. The highest BCUT2D eigenvalue weighted by atomic mass is 32.2. The van der Waals surface area contributed by atoms with Crippen molar-refractivity contribution in [3.8, 4) is 0 Å². The molecule has 3 aliphatic rings. The van der Waals surface area contributed by atoms with Crippen molar-refractivity contribution < 1.29 is 13.2 Å². The number of Topliss-reactive ketones (excluding diaryl/α,β-unsaturated/α-hetero) is 1. The van der Waals surface area contributed by atoms with Gasteiger partial charge >= 0.3 is 0 Å². The van der Waals surface area contributed by atoms with Gasteiger partial charge in [-0.25, -0.2) is 13.4 Å². The zero-order chi connectivity index (χ0) is 22.2. The fourth-order valence-corrected chi connectivity index (χ4v) is 8.26. The summed E-state index contributed by atoms with van der Waals surface area (Å²) in [6, 6.07) is 10.3. The van der Waals surface area contributed by atoms with Gasteiger partial charge < -0.3 is 4.90 Å². The van der Waals surface area contributed by atoms with E-state index < -0.39 is 10.0 Å². The van der Waals surface area contributed by atoms with Crippen LogP contribution in [0.1, 0.15) is 62.8 Å². The van der Waals surface area contributed by atoms with Crippen LogP contribution in [0.25, 0.3) is 0 Å². The lowest BCUT2D eigenvalue weighted by atomic mass is 9.68. The predicted molar refractivity (Wildman–Crippen MR) is 126 cm³/mol. The first-order chi connectivity index (χ1) is 15.5. The predicted octanol–water partition coefficient (Wildman–Crippen LogP) is 3.36. The van der Waals surface area contributed by atoms with Crippen LogP contribution in [0.3, 0.4) is 0 Å². The van der Waals surface area contributed by atoms with E-state index in [1.54, 1.807) is 4.31 Å². The Morgan fingerprint density at radius 3 is 2.28 bits per heavy atom. The van der Waals surface area contributed by atoms with Gasteiger partial charge in [-0.3, -0.25) is 4.79 Å². The molecule has 2 heterocycles. The van der Waals surface area contributed by atoms with Gasteiger partial charge in [0.2, 0.25) is 15.2 Å². The van der Waals surface area contributed by atoms with E-state index in [2.05, 4.69) is 17.0 Å². The van der Waals surface area contributed by atoms with E-state index >= 15 is 0 Å². The molecular weight excluding hydrogens is 444 g/mol. The molecule has 0 bridgehead atoms. The third-order valence-electron chi connectivity index (χ3n) is 7.42. The minimum absolute atomic E-state index is 0.193. The van der Waals surface area contributed by atoms with Crippen molar-refractivity contribution in [2.45, 2.75) is 62.0 Å². The number of sulfonamides is 1. The molecule has 1 aromatic carbocycles. The number of hydrogen-bond acceptors (Lipinski definition) is 7. The number of carbonyl (C=O) groups excluding carboxylic acids is 1. The van der Waals surface area contributed by atoms with Crippen LogP contribution in [0.2, 0.25) is 0 Å². The second-order valence-electron chi connectivity index (χ2n) is 9.22. The first kappa shape index (κ1) is 22.0. The van der Waals surface area contributed by atoms with Gasteiger partial charge in [0, 0.05) is 50.6 Å². The molecule has 0 unspecified atom stereocenters. The second-order valence-corrected chi connectivity index (χ2v) is 12.2. The second kappa shape index (κ2) is 8.83. The summed E-state index contributed by atoms with van der Waals surface area (Å²) in [4.78, 5) is 19.1. The number of anilines is 1. The van der Waals surface area contributed by atoms with Crippen LogP contribution in [0.5, 0.6) is 0 Å². The maximum Gasteiger partial charge on any atom is 0.217 e. The molecule has 0 N–H and O–H groups in total. The fourth-order valence-electron chi connectivity index (χ4n) is 5.42. The monoisotopic (exact) mass is 474 g/mol. The van der Waals surface area contributed by atoms with Crippen LogP contribution in [0.4, 0.5) is 5.13 Å². The Kier molecular flexibility index (Phi) is 6.07. The Labute approximate surface area is 194 Å². The summed E-state index contributed by atoms with van der Waals surface area (Å²) in [5.74, 6) is 1.11. The summed E-state index contributed by atoms with van der Waals surface area (Å²) in [6.45, 7) is 2.28. The number of aromatic nitrogens is 2. The molecule has 1 aromatic heterocycles. The van der Waals surface area contributed by atoms with Gasteiger partial charge in [-0.05, 0) is 31.2 Å². The summed E-state index contributed by atoms with van der Waals surface area (Å²) in [7, 11) is -3.19. The number of rotatable bonds is 5. The molecule has 5 rings (SSSR count). The van der Waals surface area contributed by atoms with Crippen LogP contribution < -0.4 is 4.90 Å². The molecule has 3 fully saturated rings. The van der Waals surface area contributed by atoms with Crippen molar-refractivity contribution in [3.63, 3.8) is 0 Å². The molecule has 2 saturated carbocycles. The van der Waals surface area contributed by atoms with Gasteiger partial charge in [-0.1, -0.05) is 43.2 Å². The number of ketones is 1. The molecule has 0 spiro atoms. The van der Waals surface area contributed by atoms with Gasteiger partial charge in [0.1, 0.15) is 5.78 Å². The van der Waals surface area contributed by atoms with Crippen molar-refractivity contribution >= 4 is 32.5 Å². The topological polar surface area (TPSA) is 83.5 Å². The molecular formula is C23H30N4O3S2. The van der Waals surface area contributed by atoms with Crippen molar-refractivity contribution in [2.24, 2.45) is 0 Å². The van der Waals surface area contributed by atoms with Crippen molar-refractivity contribution in [1.29, 1.82) is 0 Å². The first-order valence-electron chi connectivity index (χ1n) is 11.6. The number of benzene rings is 1. The van der Waals surface area contributed by atoms with Gasteiger partial charge in [0.15, 0.2) is 5.82 Å². The Hall–Kier alpha value is -1.84. The van der Waals surface area contributed by atoms with Gasteiger partial charge in [-0.2, -0.15) is 8.68 Å². The van der Waals surface area contributed by atoms with E-state index in [0.29, 0.717) is 44.8 Å². The van der Waals surface area contributed by atoms with E-state index in [4.69, 9.17) is 9.36 Å². The summed E-state index contributed by atoms with van der Waals surface area (Å²) in [5, 5.41) is 0.659. The Morgan fingerprint density at radius 1 is 0.969 bits per heavy atom. The number of carbonyl (C=O) groups is 1. The molecule has 9 heteroatoms. The molecule has 2 aliphatic carbocycles. The fraction of sp³-hybridized carbons (Fsp3) is 0.609. The van der Waals surface area contributed by atoms with E-state index in [-0.39, 0.29) is 10.7 Å². The summed E-state index contributed by atoms with van der Waals surface area (Å²) in [6.07, 6.45) is 6.22. The standard InChI is InChI=1S/C23H30N4O3S2/c28-19-10-12-23(13-11-19,18-6-2-1-3-7-18)21-24-22(31-25-21)26-14-16-27(17-15-26)32(29,30)20-8-4-5-9-20/h1-3,6-7,20H,4-5,8-17H2. The maximum absolute atomic E-state index is 12.9. The lowest BCUT2D eigenvalue weighted by Crippen LogP contribution is -2.50. The number of nitrogens with zero attached hydrogens (tertiary/aromatic N) is 4. The lowest BCUT2D eigenvalue weighted by molar-refractivity contribution is -0.121. The Bertz CT molecular complexity index is 1050. The summed E-state index contributed by atoms with van der Waals surface area (Å²) >= 11 is 1.39. The lowest BCUT2D eigenvalue weighted by Gasteiger charge is -2.36. The highest BCUT2D eigenvalue weighted by Crippen LogP contribution is 2.43. The van der Waals surface area contributed by atoms with E-state index in [1.165, 1.54) is 17.1 Å². The third kappa shape index (κ3) is 3.99. The van der Waals surface area contributed by atoms with Crippen molar-refractivity contribution in [1.82, 2.24) is 13.7 Å². The zero-order valence-electron chi connectivity index (χ0n) is 18.3. The van der Waals surface area contributed by atoms with Crippen LogP contribution in [-0.4, -0.2) is 59.3 Å². The van der Waals surface area contributed by atoms with Crippen LogP contribution in [0, 0.1) is 0 Å². The van der Waals surface area contributed by atoms with E-state index in [0.717, 1.165) is 49.5 Å². The number of hydrogen-bond donors (Lipinski definition) is 0. The normalized spacial score (nSPS) is 23.0. The molecule has 2 aromatic rings. The average Bonchev–Trinajstić information content (AvgIpc) is 3.54. The SMILES string of the molecule is O=C1CCC(c2ccccc2)(c2nsc(N3CCN(S(=O)(=O)C4CCCC4)CC3)n2)CC1. The zero-order valence-corrected chi connectivity index (χ0v) is 19.9. The van der Waals surface area contributed by atoms with Crippen LogP contribution in [0.15, 0.2) is 30.3 Å². The average molecular weight is 475 g/mol. The maximum atomic E-state index is 12.9. The van der Waals surface area contributed by atoms with E-state index in [9.17, 15) is 13.2 Å². The molecule has 172 valence electrons. The van der Waals surface area contributed by atoms with Crippen molar-refractivity contribution in [2.75, 3.05) is 31.1 Å². The molecule has 7 nitrogen and oxygen atoms in total. The van der Waals surface area contributed by atoms with Crippen molar-refractivity contribution in [3.05, 3.63) is 41.7 Å². The summed E-state index contributed by atoms with van der Waals surface area (Å²) < 4.78 is 32.3. The highest BCUT2D eigenvalue weighted by Gasteiger charge is 2.42.